The van der Waals surface area contributed by atoms with Crippen LogP contribution in [-0.2, 0) is 22.3 Å². The van der Waals surface area contributed by atoms with Gasteiger partial charge < -0.3 is 14.1 Å². The standard InChI is InChI=1S/C22H36ClNO3Si/c1-21(2,3)27-20(25)24(18-10-11-18)14-16-9-12-19(23)17(13-16)15-26-28(7,8)22(4,5)6/h9,12-13,18H,10-11,14-15H2,1-8H3. The molecule has 0 radical (unpaired) electrons. The lowest BCUT2D eigenvalue weighted by Crippen LogP contribution is -2.40. The summed E-state index contributed by atoms with van der Waals surface area (Å²) in [4.78, 5) is 14.5. The summed E-state index contributed by atoms with van der Waals surface area (Å²) in [6, 6.07) is 6.23. The normalized spacial score (nSPS) is 15.5. The lowest BCUT2D eigenvalue weighted by Gasteiger charge is -2.36. The molecule has 1 amide bonds. The van der Waals surface area contributed by atoms with E-state index in [2.05, 4.69) is 39.9 Å². The fourth-order valence-corrected chi connectivity index (χ4v) is 3.68. The fourth-order valence-electron chi connectivity index (χ4n) is 2.56. The molecule has 0 N–H and O–H groups in total. The number of hydrogen-bond donors (Lipinski definition) is 0. The Labute approximate surface area is 176 Å². The molecule has 2 rings (SSSR count). The maximum atomic E-state index is 12.6. The Bertz CT molecular complexity index is 703. The second kappa shape index (κ2) is 8.37. The molecule has 0 aliphatic heterocycles. The molecule has 1 aliphatic rings. The van der Waals surface area contributed by atoms with E-state index in [9.17, 15) is 4.79 Å². The van der Waals surface area contributed by atoms with Gasteiger partial charge in [0.15, 0.2) is 8.32 Å². The highest BCUT2D eigenvalue weighted by Crippen LogP contribution is 2.37. The summed E-state index contributed by atoms with van der Waals surface area (Å²) >= 11 is 6.43. The molecule has 1 saturated carbocycles. The van der Waals surface area contributed by atoms with E-state index >= 15 is 0 Å². The van der Waals surface area contributed by atoms with Crippen molar-refractivity contribution in [3.05, 3.63) is 34.3 Å². The lowest BCUT2D eigenvalue weighted by molar-refractivity contribution is 0.0216. The molecule has 158 valence electrons. The number of benzene rings is 1. The molecule has 0 bridgehead atoms. The molecular weight excluding hydrogens is 390 g/mol. The molecule has 0 atom stereocenters. The molecule has 0 saturated heterocycles. The van der Waals surface area contributed by atoms with Crippen LogP contribution in [0.3, 0.4) is 0 Å². The first-order chi connectivity index (χ1) is 12.7. The van der Waals surface area contributed by atoms with Gasteiger partial charge in [0, 0.05) is 17.6 Å². The third-order valence-electron chi connectivity index (χ3n) is 5.47. The van der Waals surface area contributed by atoms with Crippen LogP contribution < -0.4 is 0 Å². The van der Waals surface area contributed by atoms with Crippen molar-refractivity contribution in [3.63, 3.8) is 0 Å². The zero-order valence-electron chi connectivity index (χ0n) is 18.7. The van der Waals surface area contributed by atoms with E-state index in [1.807, 2.05) is 37.8 Å². The van der Waals surface area contributed by atoms with Crippen LogP contribution in [0.5, 0.6) is 0 Å². The van der Waals surface area contributed by atoms with Crippen LogP contribution in [-0.4, -0.2) is 31.0 Å². The molecule has 6 heteroatoms. The summed E-state index contributed by atoms with van der Waals surface area (Å²) in [7, 11) is -1.86. The van der Waals surface area contributed by atoms with Gasteiger partial charge in [-0.05, 0) is 68.9 Å². The van der Waals surface area contributed by atoms with Crippen molar-refractivity contribution in [2.75, 3.05) is 0 Å². The van der Waals surface area contributed by atoms with E-state index in [1.54, 1.807) is 0 Å². The van der Waals surface area contributed by atoms with Gasteiger partial charge in [-0.3, -0.25) is 0 Å². The number of carbonyl (C=O) groups is 1. The quantitative estimate of drug-likeness (QED) is 0.472. The van der Waals surface area contributed by atoms with Crippen LogP contribution in [0.25, 0.3) is 0 Å². The summed E-state index contributed by atoms with van der Waals surface area (Å²) in [5.74, 6) is 0. The van der Waals surface area contributed by atoms with E-state index in [4.69, 9.17) is 20.8 Å². The Morgan fingerprint density at radius 3 is 2.29 bits per heavy atom. The first-order valence-corrected chi connectivity index (χ1v) is 13.4. The molecule has 1 aromatic carbocycles. The third kappa shape index (κ3) is 6.50. The topological polar surface area (TPSA) is 38.8 Å². The molecule has 28 heavy (non-hydrogen) atoms. The number of hydrogen-bond acceptors (Lipinski definition) is 3. The number of ether oxygens (including phenoxy) is 1. The highest BCUT2D eigenvalue weighted by atomic mass is 35.5. The molecule has 0 heterocycles. The summed E-state index contributed by atoms with van der Waals surface area (Å²) in [5.41, 5.74) is 1.53. The number of rotatable bonds is 6. The highest BCUT2D eigenvalue weighted by molar-refractivity contribution is 6.74. The fraction of sp³-hybridized carbons (Fsp3) is 0.682. The minimum atomic E-state index is -1.86. The van der Waals surface area contributed by atoms with Gasteiger partial charge in [-0.1, -0.05) is 44.5 Å². The van der Waals surface area contributed by atoms with Crippen molar-refractivity contribution in [3.8, 4) is 0 Å². The first kappa shape index (κ1) is 23.2. The average molecular weight is 426 g/mol. The minimum Gasteiger partial charge on any atom is -0.444 e. The second-order valence-electron chi connectivity index (χ2n) is 10.3. The molecule has 0 spiro atoms. The van der Waals surface area contributed by atoms with Crippen molar-refractivity contribution >= 4 is 26.0 Å². The Morgan fingerprint density at radius 2 is 1.79 bits per heavy atom. The Morgan fingerprint density at radius 1 is 1.18 bits per heavy atom. The van der Waals surface area contributed by atoms with E-state index < -0.39 is 13.9 Å². The molecule has 0 unspecified atom stereocenters. The summed E-state index contributed by atoms with van der Waals surface area (Å²) in [5, 5.41) is 0.856. The van der Waals surface area contributed by atoms with Crippen molar-refractivity contribution in [1.82, 2.24) is 4.90 Å². The Kier molecular flexibility index (Phi) is 6.94. The summed E-state index contributed by atoms with van der Waals surface area (Å²) in [6.45, 7) is 17.9. The van der Waals surface area contributed by atoms with E-state index in [0.717, 1.165) is 24.0 Å². The maximum Gasteiger partial charge on any atom is 0.410 e. The van der Waals surface area contributed by atoms with Gasteiger partial charge >= 0.3 is 6.09 Å². The van der Waals surface area contributed by atoms with Gasteiger partial charge in [0.2, 0.25) is 0 Å². The van der Waals surface area contributed by atoms with Crippen molar-refractivity contribution in [2.24, 2.45) is 0 Å². The smallest absolute Gasteiger partial charge is 0.410 e. The van der Waals surface area contributed by atoms with E-state index in [-0.39, 0.29) is 17.2 Å². The van der Waals surface area contributed by atoms with Gasteiger partial charge in [0.25, 0.3) is 0 Å². The van der Waals surface area contributed by atoms with Crippen molar-refractivity contribution in [2.45, 2.75) is 97.3 Å². The van der Waals surface area contributed by atoms with Gasteiger partial charge in [-0.25, -0.2) is 4.79 Å². The maximum absolute atomic E-state index is 12.6. The largest absolute Gasteiger partial charge is 0.444 e. The predicted molar refractivity (Wildman–Crippen MR) is 118 cm³/mol. The van der Waals surface area contributed by atoms with Crippen LogP contribution in [0.1, 0.15) is 65.5 Å². The zero-order valence-corrected chi connectivity index (χ0v) is 20.4. The molecule has 1 aromatic rings. The van der Waals surface area contributed by atoms with E-state index in [0.29, 0.717) is 18.2 Å². The Hall–Kier alpha value is -1.04. The zero-order chi connectivity index (χ0) is 21.3. The Balaban J connectivity index is 2.12. The number of halogens is 1. The molecule has 1 fully saturated rings. The first-order valence-electron chi connectivity index (χ1n) is 10.1. The third-order valence-corrected chi connectivity index (χ3v) is 10.3. The van der Waals surface area contributed by atoms with Crippen LogP contribution in [0, 0.1) is 0 Å². The highest BCUT2D eigenvalue weighted by Gasteiger charge is 2.37. The number of nitrogens with zero attached hydrogens (tertiary/aromatic N) is 1. The number of carbonyl (C=O) groups excluding carboxylic acids is 1. The summed E-state index contributed by atoms with van der Waals surface area (Å²) < 4.78 is 11.9. The van der Waals surface area contributed by atoms with E-state index in [1.165, 1.54) is 0 Å². The van der Waals surface area contributed by atoms with Crippen LogP contribution >= 0.6 is 11.6 Å². The second-order valence-corrected chi connectivity index (χ2v) is 15.5. The van der Waals surface area contributed by atoms with Crippen LogP contribution in [0.2, 0.25) is 23.2 Å². The predicted octanol–water partition coefficient (Wildman–Crippen LogP) is 6.76. The lowest BCUT2D eigenvalue weighted by atomic mass is 10.1. The molecule has 0 aromatic heterocycles. The van der Waals surface area contributed by atoms with Crippen molar-refractivity contribution in [1.29, 1.82) is 0 Å². The monoisotopic (exact) mass is 425 g/mol. The van der Waals surface area contributed by atoms with Crippen LogP contribution in [0.15, 0.2) is 18.2 Å². The van der Waals surface area contributed by atoms with Gasteiger partial charge in [0.1, 0.15) is 5.60 Å². The average Bonchev–Trinajstić information content (AvgIpc) is 3.34. The van der Waals surface area contributed by atoms with Gasteiger partial charge in [-0.2, -0.15) is 0 Å². The van der Waals surface area contributed by atoms with Crippen molar-refractivity contribution < 1.29 is 14.0 Å². The number of amides is 1. The molecule has 4 nitrogen and oxygen atoms in total. The summed E-state index contributed by atoms with van der Waals surface area (Å²) in [6.07, 6.45) is 1.83. The van der Waals surface area contributed by atoms with Gasteiger partial charge in [0.05, 0.1) is 6.61 Å². The minimum absolute atomic E-state index is 0.149. The van der Waals surface area contributed by atoms with Crippen LogP contribution in [0.4, 0.5) is 4.79 Å². The SMILES string of the molecule is CC(C)(C)OC(=O)N(Cc1ccc(Cl)c(CO[Si](C)(C)C(C)(C)C)c1)C1CC1. The molecular formula is C22H36ClNO3Si. The molecule has 1 aliphatic carbocycles. The van der Waals surface area contributed by atoms with Gasteiger partial charge in [-0.15, -0.1) is 0 Å².